The van der Waals surface area contributed by atoms with Gasteiger partial charge in [0.2, 0.25) is 0 Å². The summed E-state index contributed by atoms with van der Waals surface area (Å²) in [5.74, 6) is -0.0386. The van der Waals surface area contributed by atoms with Crippen LogP contribution in [0, 0.1) is 19.8 Å². The van der Waals surface area contributed by atoms with E-state index in [-0.39, 0.29) is 23.7 Å². The summed E-state index contributed by atoms with van der Waals surface area (Å²) < 4.78 is 5.75. The van der Waals surface area contributed by atoms with E-state index in [0.717, 1.165) is 5.56 Å². The van der Waals surface area contributed by atoms with Crippen LogP contribution in [0.1, 0.15) is 43.4 Å². The van der Waals surface area contributed by atoms with Crippen LogP contribution >= 0.6 is 0 Å². The van der Waals surface area contributed by atoms with Crippen molar-refractivity contribution in [3.63, 3.8) is 0 Å². The Kier molecular flexibility index (Phi) is 4.72. The summed E-state index contributed by atoms with van der Waals surface area (Å²) in [4.78, 5) is 27.2. The van der Waals surface area contributed by atoms with Gasteiger partial charge in [0.25, 0.3) is 5.91 Å². The van der Waals surface area contributed by atoms with E-state index in [4.69, 9.17) is 4.42 Å². The normalized spacial score (nSPS) is 17.5. The largest absolute Gasteiger partial charge is 0.503 e. The summed E-state index contributed by atoms with van der Waals surface area (Å²) in [5, 5.41) is 10.5. The van der Waals surface area contributed by atoms with E-state index in [9.17, 15) is 14.7 Å². The molecule has 0 saturated carbocycles. The quantitative estimate of drug-likeness (QED) is 0.864. The van der Waals surface area contributed by atoms with Crippen molar-refractivity contribution in [1.82, 2.24) is 0 Å². The molecule has 0 saturated heterocycles. The number of furan rings is 1. The maximum atomic E-state index is 12.9. The van der Waals surface area contributed by atoms with Crippen LogP contribution in [0.25, 0.3) is 0 Å². The second-order valence-corrected chi connectivity index (χ2v) is 7.10. The molecular formula is C21H23NO4. The van der Waals surface area contributed by atoms with Crippen LogP contribution in [0.4, 0.5) is 5.69 Å². The molecule has 0 radical (unpaired) electrons. The van der Waals surface area contributed by atoms with Crippen molar-refractivity contribution in [1.29, 1.82) is 0 Å². The number of rotatable bonds is 5. The van der Waals surface area contributed by atoms with E-state index in [0.29, 0.717) is 17.2 Å². The molecule has 1 aliphatic rings. The Morgan fingerprint density at radius 2 is 1.88 bits per heavy atom. The molecule has 1 aromatic heterocycles. The third kappa shape index (κ3) is 3.05. The van der Waals surface area contributed by atoms with Crippen LogP contribution < -0.4 is 4.90 Å². The van der Waals surface area contributed by atoms with Gasteiger partial charge in [-0.3, -0.25) is 14.5 Å². The van der Waals surface area contributed by atoms with E-state index in [1.54, 1.807) is 25.1 Å². The number of Topliss-reactive ketones (excluding diaryl/α,β-unsaturated/α-hetero) is 1. The summed E-state index contributed by atoms with van der Waals surface area (Å²) in [6, 6.07) is 10.2. The molecule has 0 aliphatic carbocycles. The smallest absolute Gasteiger partial charge is 0.294 e. The molecule has 1 aromatic carbocycles. The Morgan fingerprint density at radius 1 is 1.19 bits per heavy atom. The fourth-order valence-electron chi connectivity index (χ4n) is 3.32. The number of para-hydroxylation sites is 1. The summed E-state index contributed by atoms with van der Waals surface area (Å²) in [7, 11) is 0. The number of carbonyl (C=O) groups excluding carboxylic acids is 2. The van der Waals surface area contributed by atoms with E-state index in [2.05, 4.69) is 0 Å². The van der Waals surface area contributed by atoms with E-state index >= 15 is 0 Å². The third-order valence-corrected chi connectivity index (χ3v) is 4.51. The lowest BCUT2D eigenvalue weighted by Crippen LogP contribution is -2.31. The van der Waals surface area contributed by atoms with Crippen LogP contribution in [0.15, 0.2) is 52.1 Å². The monoisotopic (exact) mass is 353 g/mol. The number of aliphatic hydroxyl groups is 1. The Hall–Kier alpha value is -2.82. The van der Waals surface area contributed by atoms with Gasteiger partial charge < -0.3 is 9.52 Å². The predicted octanol–water partition coefficient (Wildman–Crippen LogP) is 4.41. The van der Waals surface area contributed by atoms with Crippen molar-refractivity contribution < 1.29 is 19.1 Å². The summed E-state index contributed by atoms with van der Waals surface area (Å²) in [6.45, 7) is 7.55. The van der Waals surface area contributed by atoms with Crippen molar-refractivity contribution >= 4 is 17.4 Å². The number of aryl methyl sites for hydroxylation is 2. The first-order valence-corrected chi connectivity index (χ1v) is 8.73. The van der Waals surface area contributed by atoms with Crippen molar-refractivity contribution in [3.05, 3.63) is 64.8 Å². The number of carbonyl (C=O) groups is 2. The lowest BCUT2D eigenvalue weighted by atomic mass is 9.95. The molecule has 1 atom stereocenters. The Labute approximate surface area is 152 Å². The lowest BCUT2D eigenvalue weighted by molar-refractivity contribution is -0.118. The molecule has 2 heterocycles. The Balaban J connectivity index is 2.15. The van der Waals surface area contributed by atoms with Gasteiger partial charge in [-0.25, -0.2) is 0 Å². The van der Waals surface area contributed by atoms with Gasteiger partial charge in [0.15, 0.2) is 11.5 Å². The minimum atomic E-state index is -0.761. The molecule has 1 amide bonds. The van der Waals surface area contributed by atoms with Crippen molar-refractivity contribution in [3.8, 4) is 0 Å². The second-order valence-electron chi connectivity index (χ2n) is 7.10. The molecule has 26 heavy (non-hydrogen) atoms. The third-order valence-electron chi connectivity index (χ3n) is 4.51. The molecule has 1 N–H and O–H groups in total. The Bertz CT molecular complexity index is 891. The highest BCUT2D eigenvalue weighted by Gasteiger charge is 2.46. The summed E-state index contributed by atoms with van der Waals surface area (Å²) in [5.41, 5.74) is 1.64. The number of aliphatic hydroxyl groups excluding tert-OH is 1. The first kappa shape index (κ1) is 18.0. The van der Waals surface area contributed by atoms with Crippen LogP contribution in [-0.2, 0) is 9.59 Å². The number of hydrogen-bond acceptors (Lipinski definition) is 4. The molecule has 5 nitrogen and oxygen atoms in total. The molecule has 5 heteroatoms. The molecular weight excluding hydrogens is 330 g/mol. The first-order valence-electron chi connectivity index (χ1n) is 8.73. The van der Waals surface area contributed by atoms with Crippen LogP contribution in [0.5, 0.6) is 0 Å². The summed E-state index contributed by atoms with van der Waals surface area (Å²) >= 11 is 0. The molecule has 1 unspecified atom stereocenters. The minimum absolute atomic E-state index is 0.112. The summed E-state index contributed by atoms with van der Waals surface area (Å²) in [6.07, 6.45) is 0.254. The highest BCUT2D eigenvalue weighted by molar-refractivity contribution is 6.16. The van der Waals surface area contributed by atoms with E-state index < -0.39 is 17.7 Å². The fraction of sp³-hybridized carbons (Fsp3) is 0.333. The molecule has 2 aromatic rings. The van der Waals surface area contributed by atoms with Gasteiger partial charge in [-0.15, -0.1) is 0 Å². The minimum Gasteiger partial charge on any atom is -0.503 e. The fourth-order valence-corrected chi connectivity index (χ4v) is 3.32. The molecule has 3 rings (SSSR count). The number of ketones is 1. The highest BCUT2D eigenvalue weighted by atomic mass is 16.3. The first-order chi connectivity index (χ1) is 12.3. The van der Waals surface area contributed by atoms with Crippen molar-refractivity contribution in [2.24, 2.45) is 5.92 Å². The van der Waals surface area contributed by atoms with Crippen molar-refractivity contribution in [2.75, 3.05) is 4.90 Å². The van der Waals surface area contributed by atoms with Crippen LogP contribution in [0.2, 0.25) is 0 Å². The van der Waals surface area contributed by atoms with Gasteiger partial charge in [0.1, 0.15) is 17.6 Å². The number of nitrogens with zero attached hydrogens (tertiary/aromatic N) is 1. The molecule has 0 spiro atoms. The topological polar surface area (TPSA) is 70.8 Å². The average molecular weight is 353 g/mol. The zero-order chi connectivity index (χ0) is 19.0. The molecule has 1 aliphatic heterocycles. The number of hydrogen-bond donors (Lipinski definition) is 1. The zero-order valence-corrected chi connectivity index (χ0v) is 15.4. The van der Waals surface area contributed by atoms with Gasteiger partial charge in [-0.2, -0.15) is 0 Å². The number of anilines is 1. The lowest BCUT2D eigenvalue weighted by Gasteiger charge is -2.26. The van der Waals surface area contributed by atoms with Gasteiger partial charge in [0.05, 0.1) is 5.57 Å². The van der Waals surface area contributed by atoms with E-state index in [1.807, 2.05) is 39.0 Å². The standard InChI is InChI=1S/C21H23NO4/c1-12(2)11-16(23)18-19(17-10-9-14(4)26-17)22(21(25)20(18)24)15-8-6-5-7-13(15)3/h5-10,12,19,24H,11H2,1-4H3. The van der Waals surface area contributed by atoms with Gasteiger partial charge in [-0.1, -0.05) is 32.0 Å². The zero-order valence-electron chi connectivity index (χ0n) is 15.4. The molecule has 0 fully saturated rings. The van der Waals surface area contributed by atoms with Gasteiger partial charge >= 0.3 is 0 Å². The van der Waals surface area contributed by atoms with Gasteiger partial charge in [0, 0.05) is 12.1 Å². The van der Waals surface area contributed by atoms with Crippen LogP contribution in [-0.4, -0.2) is 16.8 Å². The SMILES string of the molecule is Cc1ccc(C2C(C(=O)CC(C)C)=C(O)C(=O)N2c2ccccc2C)o1. The maximum absolute atomic E-state index is 12.9. The number of amides is 1. The van der Waals surface area contributed by atoms with Gasteiger partial charge in [-0.05, 0) is 43.5 Å². The molecule has 136 valence electrons. The highest BCUT2D eigenvalue weighted by Crippen LogP contribution is 2.43. The average Bonchev–Trinajstić information content (AvgIpc) is 3.10. The van der Waals surface area contributed by atoms with Crippen molar-refractivity contribution in [2.45, 2.75) is 40.2 Å². The maximum Gasteiger partial charge on any atom is 0.294 e. The predicted molar refractivity (Wildman–Crippen MR) is 99.0 cm³/mol. The Morgan fingerprint density at radius 3 is 2.46 bits per heavy atom. The molecule has 0 bridgehead atoms. The second kappa shape index (κ2) is 6.83. The van der Waals surface area contributed by atoms with Crippen LogP contribution in [0.3, 0.4) is 0 Å². The number of benzene rings is 1. The van der Waals surface area contributed by atoms with E-state index in [1.165, 1.54) is 4.90 Å².